The van der Waals surface area contributed by atoms with Crippen LogP contribution in [0.4, 0.5) is 0 Å². The van der Waals surface area contributed by atoms with E-state index in [2.05, 4.69) is 97.9 Å². The first kappa shape index (κ1) is 16.1. The molecule has 0 fully saturated rings. The van der Waals surface area contributed by atoms with Crippen LogP contribution in [0, 0.1) is 6.92 Å². The second-order valence-corrected chi connectivity index (χ2v) is 7.36. The first-order chi connectivity index (χ1) is 13.3. The Morgan fingerprint density at radius 1 is 0.667 bits per heavy atom. The fourth-order valence-corrected chi connectivity index (χ4v) is 4.40. The molecule has 27 heavy (non-hydrogen) atoms. The first-order valence-electron chi connectivity index (χ1n) is 9.69. The summed E-state index contributed by atoms with van der Waals surface area (Å²) in [4.78, 5) is 0. The third kappa shape index (κ3) is 2.69. The zero-order valence-electron chi connectivity index (χ0n) is 15.6. The van der Waals surface area contributed by atoms with E-state index >= 15 is 0 Å². The lowest BCUT2D eigenvalue weighted by atomic mass is 9.80. The summed E-state index contributed by atoms with van der Waals surface area (Å²) in [5.74, 6) is 0. The van der Waals surface area contributed by atoms with Gasteiger partial charge in [-0.2, -0.15) is 0 Å². The molecule has 4 aromatic carbocycles. The Kier molecular flexibility index (Phi) is 3.90. The zero-order chi connectivity index (χ0) is 18.2. The van der Waals surface area contributed by atoms with Crippen LogP contribution in [0.3, 0.4) is 0 Å². The summed E-state index contributed by atoms with van der Waals surface area (Å²) in [5.41, 5.74) is 9.59. The van der Waals surface area contributed by atoms with Gasteiger partial charge in [0.1, 0.15) is 0 Å². The van der Waals surface area contributed by atoms with Crippen molar-refractivity contribution in [3.05, 3.63) is 102 Å². The highest BCUT2D eigenvalue weighted by Gasteiger charge is 2.21. The van der Waals surface area contributed by atoms with Crippen molar-refractivity contribution >= 4 is 16.8 Å². The topological polar surface area (TPSA) is 0 Å². The van der Waals surface area contributed by atoms with Gasteiger partial charge in [0.2, 0.25) is 0 Å². The minimum atomic E-state index is 1.10. The molecular formula is C27H22. The minimum Gasteiger partial charge on any atom is -0.0836 e. The van der Waals surface area contributed by atoms with E-state index in [9.17, 15) is 0 Å². The number of rotatable bonds is 2. The van der Waals surface area contributed by atoms with Crippen molar-refractivity contribution in [2.24, 2.45) is 0 Å². The van der Waals surface area contributed by atoms with Gasteiger partial charge in [-0.3, -0.25) is 0 Å². The fourth-order valence-electron chi connectivity index (χ4n) is 4.40. The molecule has 0 bridgehead atoms. The summed E-state index contributed by atoms with van der Waals surface area (Å²) in [5, 5.41) is 2.71. The van der Waals surface area contributed by atoms with Crippen molar-refractivity contribution in [2.75, 3.05) is 0 Å². The normalized spacial score (nSPS) is 12.9. The molecule has 1 aliphatic carbocycles. The van der Waals surface area contributed by atoms with Crippen LogP contribution in [0.2, 0.25) is 0 Å². The molecule has 0 radical (unpaired) electrons. The number of aryl methyl sites for hydroxylation is 1. The molecule has 0 spiro atoms. The SMILES string of the molecule is Cc1ccc2c(-c3ccccc3)c3c(c(-c4ccccc4)c2c1)CCC=C3. The Morgan fingerprint density at radius 3 is 2.04 bits per heavy atom. The van der Waals surface area contributed by atoms with Gasteiger partial charge in [0, 0.05) is 0 Å². The summed E-state index contributed by atoms with van der Waals surface area (Å²) < 4.78 is 0. The molecule has 1 aliphatic rings. The van der Waals surface area contributed by atoms with Gasteiger partial charge in [0.15, 0.2) is 0 Å². The van der Waals surface area contributed by atoms with E-state index < -0.39 is 0 Å². The molecule has 5 rings (SSSR count). The van der Waals surface area contributed by atoms with E-state index in [4.69, 9.17) is 0 Å². The third-order valence-corrected chi connectivity index (χ3v) is 5.58. The van der Waals surface area contributed by atoms with E-state index in [1.165, 1.54) is 49.7 Å². The molecule has 0 saturated heterocycles. The van der Waals surface area contributed by atoms with Gasteiger partial charge in [0.25, 0.3) is 0 Å². The van der Waals surface area contributed by atoms with Crippen LogP contribution in [0.15, 0.2) is 84.9 Å². The van der Waals surface area contributed by atoms with Crippen LogP contribution in [0.25, 0.3) is 39.1 Å². The van der Waals surface area contributed by atoms with Crippen LogP contribution < -0.4 is 0 Å². The molecule has 0 aliphatic heterocycles. The molecule has 0 saturated carbocycles. The van der Waals surface area contributed by atoms with Crippen LogP contribution in [0.1, 0.15) is 23.1 Å². The lowest BCUT2D eigenvalue weighted by molar-refractivity contribution is 0.991. The van der Waals surface area contributed by atoms with Crippen LogP contribution in [-0.4, -0.2) is 0 Å². The Morgan fingerprint density at radius 2 is 1.33 bits per heavy atom. The number of hydrogen-bond donors (Lipinski definition) is 0. The Labute approximate surface area is 160 Å². The number of benzene rings is 4. The summed E-state index contributed by atoms with van der Waals surface area (Å²) in [6.45, 7) is 2.19. The molecule has 0 amide bonds. The Hall–Kier alpha value is -3.12. The summed E-state index contributed by atoms with van der Waals surface area (Å²) in [6.07, 6.45) is 6.87. The number of hydrogen-bond acceptors (Lipinski definition) is 0. The molecule has 4 aromatic rings. The molecule has 0 heteroatoms. The highest BCUT2D eigenvalue weighted by Crippen LogP contribution is 2.44. The van der Waals surface area contributed by atoms with Gasteiger partial charge in [0.05, 0.1) is 0 Å². The van der Waals surface area contributed by atoms with Gasteiger partial charge >= 0.3 is 0 Å². The minimum absolute atomic E-state index is 1.10. The maximum atomic E-state index is 2.36. The zero-order valence-corrected chi connectivity index (χ0v) is 15.6. The summed E-state index contributed by atoms with van der Waals surface area (Å²) >= 11 is 0. The third-order valence-electron chi connectivity index (χ3n) is 5.58. The number of fused-ring (bicyclic) bond motifs is 2. The lowest BCUT2D eigenvalue weighted by Gasteiger charge is -2.24. The Balaban J connectivity index is 1.98. The molecule has 0 nitrogen and oxygen atoms in total. The lowest BCUT2D eigenvalue weighted by Crippen LogP contribution is -2.02. The quantitative estimate of drug-likeness (QED) is 0.354. The van der Waals surface area contributed by atoms with Crippen molar-refractivity contribution in [2.45, 2.75) is 19.8 Å². The standard InChI is InChI=1S/C27H22/c1-19-16-17-24-25(18-19)27(21-12-6-3-7-13-21)23-15-9-8-14-22(23)26(24)20-10-4-2-5-11-20/h2-8,10-14,16-18H,9,15H2,1H3. The highest BCUT2D eigenvalue weighted by molar-refractivity contribution is 6.10. The van der Waals surface area contributed by atoms with Crippen LogP contribution >= 0.6 is 0 Å². The monoisotopic (exact) mass is 346 g/mol. The largest absolute Gasteiger partial charge is 0.0836 e. The van der Waals surface area contributed by atoms with E-state index in [1.807, 2.05) is 0 Å². The average Bonchev–Trinajstić information content (AvgIpc) is 2.73. The van der Waals surface area contributed by atoms with Crippen LogP contribution in [0.5, 0.6) is 0 Å². The van der Waals surface area contributed by atoms with Gasteiger partial charge in [-0.1, -0.05) is 96.6 Å². The molecule has 0 heterocycles. The van der Waals surface area contributed by atoms with Crippen molar-refractivity contribution in [1.29, 1.82) is 0 Å². The van der Waals surface area contributed by atoms with Crippen LogP contribution in [-0.2, 0) is 6.42 Å². The Bertz CT molecular complexity index is 1150. The summed E-state index contributed by atoms with van der Waals surface area (Å²) in [6, 6.07) is 28.6. The predicted molar refractivity (Wildman–Crippen MR) is 117 cm³/mol. The fraction of sp³-hybridized carbons (Fsp3) is 0.111. The van der Waals surface area contributed by atoms with Gasteiger partial charge < -0.3 is 0 Å². The molecule has 0 atom stereocenters. The van der Waals surface area contributed by atoms with Gasteiger partial charge in [-0.15, -0.1) is 0 Å². The molecule has 0 aromatic heterocycles. The number of allylic oxidation sites excluding steroid dienone is 1. The average molecular weight is 346 g/mol. The van der Waals surface area contributed by atoms with E-state index in [0.29, 0.717) is 0 Å². The predicted octanol–water partition coefficient (Wildman–Crippen LogP) is 7.44. The summed E-state index contributed by atoms with van der Waals surface area (Å²) in [7, 11) is 0. The maximum absolute atomic E-state index is 2.36. The molecule has 130 valence electrons. The smallest absolute Gasteiger partial charge is 0.00297 e. The molecule has 0 unspecified atom stereocenters. The van der Waals surface area contributed by atoms with Crippen molar-refractivity contribution in [3.63, 3.8) is 0 Å². The second-order valence-electron chi connectivity index (χ2n) is 7.36. The molecule has 0 N–H and O–H groups in total. The molecular weight excluding hydrogens is 324 g/mol. The highest BCUT2D eigenvalue weighted by atomic mass is 14.2. The van der Waals surface area contributed by atoms with Crippen molar-refractivity contribution < 1.29 is 0 Å². The second kappa shape index (κ2) is 6.55. The van der Waals surface area contributed by atoms with Crippen molar-refractivity contribution in [3.8, 4) is 22.3 Å². The van der Waals surface area contributed by atoms with Gasteiger partial charge in [-0.25, -0.2) is 0 Å². The van der Waals surface area contributed by atoms with Crippen molar-refractivity contribution in [1.82, 2.24) is 0 Å². The first-order valence-corrected chi connectivity index (χ1v) is 9.69. The van der Waals surface area contributed by atoms with E-state index in [-0.39, 0.29) is 0 Å². The maximum Gasteiger partial charge on any atom is -0.00297 e. The van der Waals surface area contributed by atoms with E-state index in [1.54, 1.807) is 0 Å². The van der Waals surface area contributed by atoms with Gasteiger partial charge in [-0.05, 0) is 63.9 Å². The van der Waals surface area contributed by atoms with E-state index in [0.717, 1.165) is 12.8 Å².